The maximum atomic E-state index is 11.1. The Morgan fingerprint density at radius 1 is 1.67 bits per heavy atom. The van der Waals surface area contributed by atoms with Crippen molar-refractivity contribution in [2.24, 2.45) is 11.8 Å². The molecule has 1 aliphatic rings. The van der Waals surface area contributed by atoms with Crippen molar-refractivity contribution in [1.82, 2.24) is 0 Å². The van der Waals surface area contributed by atoms with Gasteiger partial charge < -0.3 is 9.53 Å². The summed E-state index contributed by atoms with van der Waals surface area (Å²) >= 11 is 0. The molecule has 1 aliphatic carbocycles. The third kappa shape index (κ3) is 1.72. The molecule has 0 N–H and O–H groups in total. The van der Waals surface area contributed by atoms with E-state index in [1.54, 1.807) is 6.08 Å². The number of hydrogen-bond acceptors (Lipinski definition) is 3. The van der Waals surface area contributed by atoms with E-state index in [2.05, 4.69) is 4.74 Å². The summed E-state index contributed by atoms with van der Waals surface area (Å²) in [6.45, 7) is 0. The first-order valence-corrected chi connectivity index (χ1v) is 3.99. The van der Waals surface area contributed by atoms with Gasteiger partial charge in [-0.25, -0.2) is 0 Å². The second kappa shape index (κ2) is 4.04. The minimum atomic E-state index is -0.286. The quantitative estimate of drug-likeness (QED) is 0.350. The van der Waals surface area contributed by atoms with Gasteiger partial charge in [0.2, 0.25) is 0 Å². The fourth-order valence-corrected chi connectivity index (χ4v) is 1.42. The van der Waals surface area contributed by atoms with Crippen molar-refractivity contribution in [3.63, 3.8) is 0 Å². The lowest BCUT2D eigenvalue weighted by Gasteiger charge is -2.20. The normalized spacial score (nSPS) is 28.1. The Labute approximate surface area is 71.4 Å². The van der Waals surface area contributed by atoms with Gasteiger partial charge in [-0.3, -0.25) is 4.79 Å². The van der Waals surface area contributed by atoms with Crippen molar-refractivity contribution in [2.45, 2.75) is 12.8 Å². The summed E-state index contributed by atoms with van der Waals surface area (Å²) in [6, 6.07) is 0. The molecule has 0 saturated heterocycles. The van der Waals surface area contributed by atoms with E-state index in [1.807, 2.05) is 6.08 Å². The molecule has 66 valence electrons. The maximum Gasteiger partial charge on any atom is 0.309 e. The van der Waals surface area contributed by atoms with E-state index in [0.29, 0.717) is 6.42 Å². The molecule has 0 heterocycles. The van der Waals surface area contributed by atoms with Crippen LogP contribution in [-0.4, -0.2) is 19.4 Å². The number of esters is 1. The summed E-state index contributed by atoms with van der Waals surface area (Å²) < 4.78 is 4.59. The van der Waals surface area contributed by atoms with E-state index in [9.17, 15) is 9.59 Å². The molecule has 0 bridgehead atoms. The van der Waals surface area contributed by atoms with Gasteiger partial charge in [-0.2, -0.15) is 0 Å². The van der Waals surface area contributed by atoms with Crippen molar-refractivity contribution in [3.05, 3.63) is 12.2 Å². The zero-order valence-electron chi connectivity index (χ0n) is 7.03. The summed E-state index contributed by atoms with van der Waals surface area (Å²) in [5, 5.41) is 0. The van der Waals surface area contributed by atoms with E-state index in [0.717, 1.165) is 12.7 Å². The molecule has 3 nitrogen and oxygen atoms in total. The molecule has 0 spiro atoms. The fourth-order valence-electron chi connectivity index (χ4n) is 1.42. The molecule has 0 aromatic heterocycles. The van der Waals surface area contributed by atoms with E-state index >= 15 is 0 Å². The first-order valence-electron chi connectivity index (χ1n) is 3.99. The van der Waals surface area contributed by atoms with E-state index < -0.39 is 0 Å². The van der Waals surface area contributed by atoms with Gasteiger partial charge in [0.15, 0.2) is 0 Å². The molecule has 0 fully saturated rings. The van der Waals surface area contributed by atoms with Crippen molar-refractivity contribution in [1.29, 1.82) is 0 Å². The first-order chi connectivity index (χ1) is 5.79. The Morgan fingerprint density at radius 3 is 3.00 bits per heavy atom. The van der Waals surface area contributed by atoms with Gasteiger partial charge in [0.1, 0.15) is 6.29 Å². The number of allylic oxidation sites excluding steroid dienone is 2. The second-order valence-corrected chi connectivity index (χ2v) is 2.85. The van der Waals surface area contributed by atoms with Crippen LogP contribution in [0, 0.1) is 11.8 Å². The highest BCUT2D eigenvalue weighted by Crippen LogP contribution is 2.24. The van der Waals surface area contributed by atoms with Crippen LogP contribution in [0.1, 0.15) is 12.8 Å². The molecule has 0 aromatic rings. The lowest BCUT2D eigenvalue weighted by atomic mass is 9.85. The number of methoxy groups -OCH3 is 1. The summed E-state index contributed by atoms with van der Waals surface area (Å²) in [5.74, 6) is -0.833. The van der Waals surface area contributed by atoms with Crippen molar-refractivity contribution < 1.29 is 14.3 Å². The highest BCUT2D eigenvalue weighted by atomic mass is 16.5. The van der Waals surface area contributed by atoms with E-state index in [-0.39, 0.29) is 17.8 Å². The third-order valence-corrected chi connectivity index (χ3v) is 2.13. The van der Waals surface area contributed by atoms with Crippen LogP contribution in [0.5, 0.6) is 0 Å². The number of hydrogen-bond donors (Lipinski definition) is 0. The minimum Gasteiger partial charge on any atom is -0.469 e. The summed E-state index contributed by atoms with van der Waals surface area (Å²) in [7, 11) is 1.35. The first kappa shape index (κ1) is 8.97. The smallest absolute Gasteiger partial charge is 0.309 e. The Morgan fingerprint density at radius 2 is 2.42 bits per heavy atom. The summed E-state index contributed by atoms with van der Waals surface area (Å²) in [5.41, 5.74) is 0. The molecular formula is C9H12O3. The Kier molecular flexibility index (Phi) is 3.02. The second-order valence-electron chi connectivity index (χ2n) is 2.85. The Bertz CT molecular complexity index is 208. The summed E-state index contributed by atoms with van der Waals surface area (Å²) in [6.07, 6.45) is 6.07. The van der Waals surface area contributed by atoms with Crippen LogP contribution >= 0.6 is 0 Å². The Hall–Kier alpha value is -1.12. The molecule has 12 heavy (non-hydrogen) atoms. The van der Waals surface area contributed by atoms with Gasteiger partial charge in [0.25, 0.3) is 0 Å². The van der Waals surface area contributed by atoms with Gasteiger partial charge in [-0.1, -0.05) is 12.2 Å². The number of carbonyl (C=O) groups excluding carboxylic acids is 2. The van der Waals surface area contributed by atoms with Gasteiger partial charge in [0.05, 0.1) is 13.0 Å². The van der Waals surface area contributed by atoms with Crippen molar-refractivity contribution >= 4 is 12.3 Å². The Balaban J connectivity index is 2.68. The predicted molar refractivity (Wildman–Crippen MR) is 43.4 cm³/mol. The monoisotopic (exact) mass is 168 g/mol. The highest BCUT2D eigenvalue weighted by Gasteiger charge is 2.28. The van der Waals surface area contributed by atoms with Crippen molar-refractivity contribution in [3.8, 4) is 0 Å². The van der Waals surface area contributed by atoms with Crippen LogP contribution in [0.3, 0.4) is 0 Å². The molecule has 0 radical (unpaired) electrons. The van der Waals surface area contributed by atoms with E-state index in [1.165, 1.54) is 7.11 Å². The van der Waals surface area contributed by atoms with Crippen LogP contribution in [0.2, 0.25) is 0 Å². The standard InChI is InChI=1S/C9H12O3/c1-12-9(11)8-5-3-2-4-7(8)6-10/h2,4,6-8H,3,5H2,1H3. The number of carbonyl (C=O) groups is 2. The lowest BCUT2D eigenvalue weighted by molar-refractivity contribution is -0.148. The zero-order chi connectivity index (χ0) is 8.97. The molecule has 1 rings (SSSR count). The molecule has 0 aliphatic heterocycles. The molecule has 0 aromatic carbocycles. The predicted octanol–water partition coefficient (Wildman–Crippen LogP) is 0.941. The molecule has 2 atom stereocenters. The van der Waals surface area contributed by atoms with Crippen LogP contribution in [0.4, 0.5) is 0 Å². The van der Waals surface area contributed by atoms with Gasteiger partial charge in [0, 0.05) is 5.92 Å². The highest BCUT2D eigenvalue weighted by molar-refractivity contribution is 5.78. The van der Waals surface area contributed by atoms with Crippen molar-refractivity contribution in [2.75, 3.05) is 7.11 Å². The average molecular weight is 168 g/mol. The topological polar surface area (TPSA) is 43.4 Å². The number of aldehydes is 1. The van der Waals surface area contributed by atoms with Crippen LogP contribution in [0.15, 0.2) is 12.2 Å². The van der Waals surface area contributed by atoms with Gasteiger partial charge in [-0.15, -0.1) is 0 Å². The largest absolute Gasteiger partial charge is 0.469 e. The maximum absolute atomic E-state index is 11.1. The van der Waals surface area contributed by atoms with Crippen LogP contribution < -0.4 is 0 Å². The molecular weight excluding hydrogens is 156 g/mol. The number of rotatable bonds is 2. The molecule has 2 unspecified atom stereocenters. The SMILES string of the molecule is COC(=O)C1CCC=CC1C=O. The van der Waals surface area contributed by atoms with Gasteiger partial charge >= 0.3 is 5.97 Å². The number of ether oxygens (including phenoxy) is 1. The van der Waals surface area contributed by atoms with Crippen LogP contribution in [-0.2, 0) is 14.3 Å². The minimum absolute atomic E-state index is 0.266. The lowest BCUT2D eigenvalue weighted by Crippen LogP contribution is -2.26. The van der Waals surface area contributed by atoms with Gasteiger partial charge in [-0.05, 0) is 12.8 Å². The molecule has 3 heteroatoms. The zero-order valence-corrected chi connectivity index (χ0v) is 7.03. The molecule has 0 amide bonds. The summed E-state index contributed by atoms with van der Waals surface area (Å²) in [4.78, 5) is 21.7. The van der Waals surface area contributed by atoms with E-state index in [4.69, 9.17) is 0 Å². The fraction of sp³-hybridized carbons (Fsp3) is 0.556. The average Bonchev–Trinajstić information content (AvgIpc) is 2.16. The molecule has 0 saturated carbocycles. The van der Waals surface area contributed by atoms with Crippen LogP contribution in [0.25, 0.3) is 0 Å². The third-order valence-electron chi connectivity index (χ3n) is 2.13.